The molecule has 0 bridgehead atoms. The van der Waals surface area contributed by atoms with Gasteiger partial charge in [0.05, 0.1) is 33.1 Å². The van der Waals surface area contributed by atoms with Gasteiger partial charge >= 0.3 is 0 Å². The molecule has 0 aliphatic heterocycles. The van der Waals surface area contributed by atoms with Gasteiger partial charge in [-0.1, -0.05) is 121 Å². The number of nitrogens with zero attached hydrogens (tertiary/aromatic N) is 2. The molecule has 192 valence electrons. The van der Waals surface area contributed by atoms with Crippen LogP contribution in [0.3, 0.4) is 0 Å². The summed E-state index contributed by atoms with van der Waals surface area (Å²) in [5.74, 6) is 0. The normalized spacial score (nSPS) is 24.2. The molecule has 4 aromatic carbocycles. The van der Waals surface area contributed by atoms with Gasteiger partial charge in [0.1, 0.15) is 0 Å². The number of aromatic nitrogens is 2. The number of rotatable bonds is 2. The van der Waals surface area contributed by atoms with Crippen molar-refractivity contribution < 1.29 is 0 Å². The SMILES string of the molecule is CC1(n2c3ccccc3c3ccccc32)C=CC=C/C1=C1/C=CC=CC1(C)n1c2ccccc2c2ccccc21. The van der Waals surface area contributed by atoms with E-state index in [1.807, 2.05) is 0 Å². The molecule has 0 fully saturated rings. The predicted octanol–water partition coefficient (Wildman–Crippen LogP) is 9.58. The molecule has 2 aliphatic rings. The van der Waals surface area contributed by atoms with Crippen molar-refractivity contribution in [3.8, 4) is 0 Å². The topological polar surface area (TPSA) is 9.86 Å². The first-order valence-corrected chi connectivity index (χ1v) is 14.1. The van der Waals surface area contributed by atoms with Gasteiger partial charge in [0.15, 0.2) is 0 Å². The van der Waals surface area contributed by atoms with Crippen molar-refractivity contribution >= 4 is 43.6 Å². The minimum Gasteiger partial charge on any atom is -0.327 e. The van der Waals surface area contributed by atoms with Gasteiger partial charge in [-0.05, 0) is 49.3 Å². The highest BCUT2D eigenvalue weighted by Crippen LogP contribution is 2.47. The Morgan fingerprint density at radius 1 is 0.400 bits per heavy atom. The second-order valence-corrected chi connectivity index (χ2v) is 11.3. The zero-order chi connectivity index (χ0) is 26.9. The summed E-state index contributed by atoms with van der Waals surface area (Å²) in [5, 5.41) is 5.15. The van der Waals surface area contributed by atoms with Crippen molar-refractivity contribution in [2.24, 2.45) is 0 Å². The summed E-state index contributed by atoms with van der Waals surface area (Å²) in [5.41, 5.74) is 6.79. The van der Waals surface area contributed by atoms with Crippen LogP contribution in [0.4, 0.5) is 0 Å². The van der Waals surface area contributed by atoms with Gasteiger partial charge in [-0.25, -0.2) is 0 Å². The number of benzene rings is 4. The molecule has 0 amide bonds. The average Bonchev–Trinajstić information content (AvgIpc) is 3.52. The van der Waals surface area contributed by atoms with E-state index in [1.54, 1.807) is 0 Å². The van der Waals surface area contributed by atoms with Crippen LogP contribution in [0, 0.1) is 0 Å². The van der Waals surface area contributed by atoms with Gasteiger partial charge < -0.3 is 9.13 Å². The largest absolute Gasteiger partial charge is 0.327 e. The van der Waals surface area contributed by atoms with Crippen molar-refractivity contribution in [3.63, 3.8) is 0 Å². The lowest BCUT2D eigenvalue weighted by atomic mass is 9.75. The van der Waals surface area contributed by atoms with Gasteiger partial charge in [-0.15, -0.1) is 0 Å². The third kappa shape index (κ3) is 2.99. The molecule has 2 heteroatoms. The molecule has 2 aromatic heterocycles. The Morgan fingerprint density at radius 3 is 1.02 bits per heavy atom. The summed E-state index contributed by atoms with van der Waals surface area (Å²) in [6.45, 7) is 4.74. The van der Waals surface area contributed by atoms with Crippen molar-refractivity contribution in [1.29, 1.82) is 0 Å². The van der Waals surface area contributed by atoms with Crippen LogP contribution in [0.1, 0.15) is 13.8 Å². The highest BCUT2D eigenvalue weighted by Gasteiger charge is 2.39. The van der Waals surface area contributed by atoms with E-state index in [2.05, 4.69) is 169 Å². The summed E-state index contributed by atoms with van der Waals surface area (Å²) in [7, 11) is 0. The third-order valence-corrected chi connectivity index (χ3v) is 9.06. The minimum absolute atomic E-state index is 0.400. The van der Waals surface area contributed by atoms with Gasteiger partial charge in [-0.3, -0.25) is 0 Å². The number of hydrogen-bond acceptors (Lipinski definition) is 0. The maximum Gasteiger partial charge on any atom is 0.0865 e. The Bertz CT molecular complexity index is 1880. The Labute approximate surface area is 234 Å². The predicted molar refractivity (Wildman–Crippen MR) is 170 cm³/mol. The Morgan fingerprint density at radius 2 is 0.700 bits per heavy atom. The van der Waals surface area contributed by atoms with Crippen LogP contribution in [-0.4, -0.2) is 9.13 Å². The standard InChI is InChI=1S/C38H30N2/c1-37(39-33-21-7-3-15-27(33)28-16-4-8-22-34(28)39)25-13-11-19-31(37)32-20-12-14-26-38(32,2)40-35-23-9-5-17-29(35)30-18-6-10-24-36(30)40/h3-26H,1-2H3/b32-31+. The molecule has 2 unspecified atom stereocenters. The highest BCUT2D eigenvalue weighted by atomic mass is 15.1. The van der Waals surface area contributed by atoms with Crippen LogP contribution in [0.25, 0.3) is 43.6 Å². The maximum atomic E-state index is 2.54. The molecule has 2 nitrogen and oxygen atoms in total. The lowest BCUT2D eigenvalue weighted by molar-refractivity contribution is 0.476. The number of hydrogen-bond donors (Lipinski definition) is 0. The van der Waals surface area contributed by atoms with E-state index in [1.165, 1.54) is 54.8 Å². The van der Waals surface area contributed by atoms with Crippen LogP contribution in [0.15, 0.2) is 157 Å². The van der Waals surface area contributed by atoms with Crippen molar-refractivity contribution in [3.05, 3.63) is 157 Å². The molecule has 0 saturated carbocycles. The minimum atomic E-state index is -0.400. The first-order chi connectivity index (χ1) is 19.6. The van der Waals surface area contributed by atoms with E-state index < -0.39 is 11.1 Å². The van der Waals surface area contributed by atoms with Gasteiger partial charge in [0.2, 0.25) is 0 Å². The molecular weight excluding hydrogens is 484 g/mol. The summed E-state index contributed by atoms with van der Waals surface area (Å²) in [6, 6.07) is 35.2. The molecule has 0 saturated heterocycles. The first kappa shape index (κ1) is 23.1. The van der Waals surface area contributed by atoms with Gasteiger partial charge in [-0.2, -0.15) is 0 Å². The smallest absolute Gasteiger partial charge is 0.0865 e. The van der Waals surface area contributed by atoms with E-state index in [9.17, 15) is 0 Å². The van der Waals surface area contributed by atoms with Crippen LogP contribution in [-0.2, 0) is 11.1 Å². The van der Waals surface area contributed by atoms with Crippen LogP contribution in [0.2, 0.25) is 0 Å². The second-order valence-electron chi connectivity index (χ2n) is 11.3. The third-order valence-electron chi connectivity index (χ3n) is 9.06. The van der Waals surface area contributed by atoms with Crippen LogP contribution >= 0.6 is 0 Å². The fourth-order valence-corrected chi connectivity index (χ4v) is 7.27. The summed E-state index contributed by atoms with van der Waals surface area (Å²) < 4.78 is 5.08. The molecule has 8 rings (SSSR count). The fourth-order valence-electron chi connectivity index (χ4n) is 7.27. The molecule has 2 aliphatic carbocycles. The molecule has 40 heavy (non-hydrogen) atoms. The quantitative estimate of drug-likeness (QED) is 0.218. The first-order valence-electron chi connectivity index (χ1n) is 14.1. The molecule has 2 atom stereocenters. The molecule has 6 aromatic rings. The van der Waals surface area contributed by atoms with E-state index in [-0.39, 0.29) is 0 Å². The Balaban J connectivity index is 1.48. The molecule has 2 heterocycles. The van der Waals surface area contributed by atoms with E-state index in [0.29, 0.717) is 0 Å². The van der Waals surface area contributed by atoms with Crippen LogP contribution in [0.5, 0.6) is 0 Å². The summed E-state index contributed by atoms with van der Waals surface area (Å²) >= 11 is 0. The fraction of sp³-hybridized carbons (Fsp3) is 0.105. The molecule has 0 spiro atoms. The maximum absolute atomic E-state index is 2.54. The van der Waals surface area contributed by atoms with E-state index in [0.717, 1.165) is 0 Å². The highest BCUT2D eigenvalue weighted by molar-refractivity contribution is 6.09. The van der Waals surface area contributed by atoms with Crippen molar-refractivity contribution in [1.82, 2.24) is 9.13 Å². The zero-order valence-corrected chi connectivity index (χ0v) is 22.8. The number of para-hydroxylation sites is 4. The van der Waals surface area contributed by atoms with Crippen LogP contribution < -0.4 is 0 Å². The Hall–Kier alpha value is -4.82. The molecule has 0 radical (unpaired) electrons. The van der Waals surface area contributed by atoms with Crippen molar-refractivity contribution in [2.75, 3.05) is 0 Å². The molecular formula is C38H30N2. The lowest BCUT2D eigenvalue weighted by Crippen LogP contribution is -2.37. The zero-order valence-electron chi connectivity index (χ0n) is 22.8. The van der Waals surface area contributed by atoms with Gasteiger partial charge in [0.25, 0.3) is 0 Å². The monoisotopic (exact) mass is 514 g/mol. The average molecular weight is 515 g/mol. The Kier molecular flexibility index (Phi) is 4.82. The number of allylic oxidation sites excluding steroid dienone is 10. The second kappa shape index (κ2) is 8.34. The molecule has 0 N–H and O–H groups in total. The number of fused-ring (bicyclic) bond motifs is 6. The van der Waals surface area contributed by atoms with E-state index >= 15 is 0 Å². The summed E-state index contributed by atoms with van der Waals surface area (Å²) in [6.07, 6.45) is 18.2. The van der Waals surface area contributed by atoms with Crippen molar-refractivity contribution in [2.45, 2.75) is 24.9 Å². The van der Waals surface area contributed by atoms with E-state index in [4.69, 9.17) is 0 Å². The summed E-state index contributed by atoms with van der Waals surface area (Å²) in [4.78, 5) is 0. The lowest BCUT2D eigenvalue weighted by Gasteiger charge is -2.41. The van der Waals surface area contributed by atoms with Gasteiger partial charge in [0, 0.05) is 21.5 Å².